The average Bonchev–Trinajstić information content (AvgIpc) is 3.20. The smallest absolute Gasteiger partial charge is 0.326 e. The summed E-state index contributed by atoms with van der Waals surface area (Å²) in [6.45, 7) is 1.97. The molecular formula is C18H18N6O7. The molecule has 0 spiro atoms. The molecular weight excluding hydrogens is 412 g/mol. The fourth-order valence-electron chi connectivity index (χ4n) is 2.79. The highest BCUT2D eigenvalue weighted by Gasteiger charge is 2.23. The van der Waals surface area contributed by atoms with Gasteiger partial charge in [0.05, 0.1) is 12.2 Å². The first-order valence-electron chi connectivity index (χ1n) is 9.14. The van der Waals surface area contributed by atoms with Crippen LogP contribution in [-0.4, -0.2) is 66.1 Å². The number of hydrogen-bond donors (Lipinski definition) is 5. The number of hydrogen-bond acceptors (Lipinski definition) is 8. The predicted molar refractivity (Wildman–Crippen MR) is 105 cm³/mol. The Morgan fingerprint density at radius 2 is 2.03 bits per heavy atom. The zero-order valence-corrected chi connectivity index (χ0v) is 16.2. The highest BCUT2D eigenvalue weighted by molar-refractivity contribution is 5.97. The van der Waals surface area contributed by atoms with Crippen LogP contribution in [0.15, 0.2) is 23.0 Å². The third-order valence-corrected chi connectivity index (χ3v) is 4.25. The maximum absolute atomic E-state index is 12.5. The van der Waals surface area contributed by atoms with Crippen LogP contribution < -0.4 is 15.6 Å². The van der Waals surface area contributed by atoms with E-state index in [4.69, 9.17) is 9.84 Å². The van der Waals surface area contributed by atoms with Gasteiger partial charge in [0, 0.05) is 12.0 Å². The van der Waals surface area contributed by atoms with Gasteiger partial charge in [-0.15, -0.1) is 5.10 Å². The van der Waals surface area contributed by atoms with Gasteiger partial charge in [0.25, 0.3) is 11.5 Å². The third kappa shape index (κ3) is 4.83. The van der Waals surface area contributed by atoms with Crippen LogP contribution in [0, 0.1) is 0 Å². The normalized spacial score (nSPS) is 11.8. The summed E-state index contributed by atoms with van der Waals surface area (Å²) in [5.41, 5.74) is 0.165. The third-order valence-electron chi connectivity index (χ3n) is 4.25. The van der Waals surface area contributed by atoms with Gasteiger partial charge in [0.1, 0.15) is 17.6 Å². The van der Waals surface area contributed by atoms with Gasteiger partial charge in [-0.25, -0.2) is 14.9 Å². The minimum Gasteiger partial charge on any atom is -0.493 e. The van der Waals surface area contributed by atoms with Crippen molar-refractivity contribution in [1.29, 1.82) is 0 Å². The van der Waals surface area contributed by atoms with Gasteiger partial charge < -0.3 is 25.3 Å². The summed E-state index contributed by atoms with van der Waals surface area (Å²) in [7, 11) is 0. The molecule has 31 heavy (non-hydrogen) atoms. The van der Waals surface area contributed by atoms with Gasteiger partial charge in [-0.1, -0.05) is 5.21 Å². The number of benzene rings is 1. The summed E-state index contributed by atoms with van der Waals surface area (Å²) in [4.78, 5) is 53.5. The number of amides is 1. The van der Waals surface area contributed by atoms with E-state index in [1.54, 1.807) is 6.92 Å². The minimum absolute atomic E-state index is 0.0405. The van der Waals surface area contributed by atoms with Crippen molar-refractivity contribution in [3.8, 4) is 17.1 Å². The Kier molecular flexibility index (Phi) is 6.23. The molecule has 1 atom stereocenters. The molecule has 0 saturated carbocycles. The molecule has 0 aliphatic heterocycles. The van der Waals surface area contributed by atoms with Crippen LogP contribution in [0.3, 0.4) is 0 Å². The van der Waals surface area contributed by atoms with Crippen molar-refractivity contribution < 1.29 is 29.3 Å². The highest BCUT2D eigenvalue weighted by atomic mass is 16.5. The maximum atomic E-state index is 12.5. The van der Waals surface area contributed by atoms with Crippen molar-refractivity contribution in [3.63, 3.8) is 0 Å². The topological polar surface area (TPSA) is 200 Å². The quantitative estimate of drug-likeness (QED) is 0.311. The molecule has 0 aliphatic rings. The molecule has 0 fully saturated rings. The van der Waals surface area contributed by atoms with Gasteiger partial charge in [-0.3, -0.25) is 14.4 Å². The van der Waals surface area contributed by atoms with Crippen molar-refractivity contribution in [2.24, 2.45) is 0 Å². The lowest BCUT2D eigenvalue weighted by molar-refractivity contribution is -0.140. The minimum atomic E-state index is -1.37. The number of aromatic nitrogens is 5. The number of carboxylic acids is 2. The molecule has 3 rings (SSSR count). The predicted octanol–water partition coefficient (Wildman–Crippen LogP) is 0.155. The van der Waals surface area contributed by atoms with E-state index in [-0.39, 0.29) is 41.3 Å². The molecule has 13 heteroatoms. The standard InChI is InChI=1S/C18H18N6O7/c1-2-31-11-7-8(16(27)19-10(18(29)30)5-6-12(25)26)3-4-9(11)14-20-15-13(17(28)21-14)22-24-23-15/h3-4,7,10H,2,5-6H2,1H3,(H,19,27)(H,25,26)(H,29,30)(H2,20,21,22,23,24,28)/t10-/m1/s1. The van der Waals surface area contributed by atoms with Crippen molar-refractivity contribution in [2.45, 2.75) is 25.8 Å². The summed E-state index contributed by atoms with van der Waals surface area (Å²) in [6.07, 6.45) is -0.680. The van der Waals surface area contributed by atoms with Crippen LogP contribution in [0.1, 0.15) is 30.1 Å². The number of fused-ring (bicyclic) bond motifs is 1. The molecule has 3 aromatic rings. The molecule has 0 bridgehead atoms. The van der Waals surface area contributed by atoms with Crippen LogP contribution in [-0.2, 0) is 9.59 Å². The molecule has 1 aromatic carbocycles. The Bertz CT molecular complexity index is 1200. The van der Waals surface area contributed by atoms with E-state index in [0.717, 1.165) is 0 Å². The summed E-state index contributed by atoms with van der Waals surface area (Å²) >= 11 is 0. The van der Waals surface area contributed by atoms with Crippen LogP contribution in [0.2, 0.25) is 0 Å². The van der Waals surface area contributed by atoms with Crippen LogP contribution in [0.4, 0.5) is 0 Å². The zero-order valence-electron chi connectivity index (χ0n) is 16.2. The van der Waals surface area contributed by atoms with Crippen molar-refractivity contribution in [3.05, 3.63) is 34.1 Å². The fourth-order valence-corrected chi connectivity index (χ4v) is 2.79. The Morgan fingerprint density at radius 3 is 2.71 bits per heavy atom. The Labute approximate surface area is 173 Å². The van der Waals surface area contributed by atoms with E-state index >= 15 is 0 Å². The molecule has 0 saturated heterocycles. The van der Waals surface area contributed by atoms with E-state index < -0.39 is 35.9 Å². The second-order valence-electron chi connectivity index (χ2n) is 6.36. The summed E-state index contributed by atoms with van der Waals surface area (Å²) < 4.78 is 5.57. The van der Waals surface area contributed by atoms with Crippen LogP contribution in [0.5, 0.6) is 5.75 Å². The van der Waals surface area contributed by atoms with E-state index in [1.165, 1.54) is 18.2 Å². The van der Waals surface area contributed by atoms with Crippen molar-refractivity contribution in [2.75, 3.05) is 6.61 Å². The largest absolute Gasteiger partial charge is 0.493 e. The number of H-pyrrole nitrogens is 2. The van der Waals surface area contributed by atoms with Gasteiger partial charge in [-0.2, -0.15) is 0 Å². The second-order valence-corrected chi connectivity index (χ2v) is 6.36. The lowest BCUT2D eigenvalue weighted by Gasteiger charge is -2.15. The molecule has 2 heterocycles. The molecule has 13 nitrogen and oxygen atoms in total. The lowest BCUT2D eigenvalue weighted by Crippen LogP contribution is -2.41. The summed E-state index contributed by atoms with van der Waals surface area (Å²) in [5, 5.41) is 29.9. The molecule has 2 aromatic heterocycles. The molecule has 1 amide bonds. The first-order valence-corrected chi connectivity index (χ1v) is 9.14. The molecule has 0 unspecified atom stereocenters. The zero-order chi connectivity index (χ0) is 22.5. The number of carboxylic acid groups (broad SMARTS) is 2. The number of aromatic amines is 2. The van der Waals surface area contributed by atoms with E-state index in [2.05, 4.69) is 30.7 Å². The van der Waals surface area contributed by atoms with Crippen LogP contribution >= 0.6 is 0 Å². The van der Waals surface area contributed by atoms with Crippen molar-refractivity contribution >= 4 is 29.0 Å². The summed E-state index contributed by atoms with van der Waals surface area (Å²) in [6, 6.07) is 2.89. The Morgan fingerprint density at radius 1 is 1.26 bits per heavy atom. The van der Waals surface area contributed by atoms with Gasteiger partial charge >= 0.3 is 11.9 Å². The summed E-state index contributed by atoms with van der Waals surface area (Å²) in [5.74, 6) is -2.86. The lowest BCUT2D eigenvalue weighted by atomic mass is 10.1. The van der Waals surface area contributed by atoms with Gasteiger partial charge in [0.2, 0.25) is 0 Å². The number of carbonyl (C=O) groups is 3. The fraction of sp³-hybridized carbons (Fsp3) is 0.278. The van der Waals surface area contributed by atoms with E-state index in [0.29, 0.717) is 5.56 Å². The number of nitrogens with zero attached hydrogens (tertiary/aromatic N) is 3. The van der Waals surface area contributed by atoms with Crippen LogP contribution in [0.25, 0.3) is 22.6 Å². The maximum Gasteiger partial charge on any atom is 0.326 e. The van der Waals surface area contributed by atoms with Gasteiger partial charge in [-0.05, 0) is 31.5 Å². The first kappa shape index (κ1) is 21.4. The number of carbonyl (C=O) groups excluding carboxylic acids is 1. The molecule has 0 radical (unpaired) electrons. The van der Waals surface area contributed by atoms with E-state index in [9.17, 15) is 24.3 Å². The number of aliphatic carboxylic acids is 2. The number of nitrogens with one attached hydrogen (secondary N) is 3. The molecule has 5 N–H and O–H groups in total. The highest BCUT2D eigenvalue weighted by Crippen LogP contribution is 2.29. The second kappa shape index (κ2) is 9.02. The molecule has 0 aliphatic carbocycles. The first-order chi connectivity index (χ1) is 14.8. The monoisotopic (exact) mass is 430 g/mol. The van der Waals surface area contributed by atoms with E-state index in [1.807, 2.05) is 0 Å². The Hall–Kier alpha value is -4.29. The molecule has 162 valence electrons. The number of rotatable bonds is 9. The average molecular weight is 430 g/mol. The van der Waals surface area contributed by atoms with Crippen molar-refractivity contribution in [1.82, 2.24) is 30.7 Å². The SMILES string of the molecule is CCOc1cc(C(=O)N[C@H](CCC(=O)O)C(=O)O)ccc1-c1nc2[nH]nnc2c(=O)[nH]1. The van der Waals surface area contributed by atoms with Gasteiger partial charge in [0.15, 0.2) is 11.2 Å². The number of ether oxygens (including phenoxy) is 1. The Balaban J connectivity index is 1.91.